The summed E-state index contributed by atoms with van der Waals surface area (Å²) in [6.45, 7) is 3.89. The van der Waals surface area contributed by atoms with E-state index in [1.807, 2.05) is 18.0 Å². The lowest BCUT2D eigenvalue weighted by molar-refractivity contribution is 0.212. The topological polar surface area (TPSA) is 44.8 Å². The van der Waals surface area contributed by atoms with Crippen molar-refractivity contribution in [3.63, 3.8) is 0 Å². The number of hydrogen-bond acceptors (Lipinski definition) is 3. The van der Waals surface area contributed by atoms with Gasteiger partial charge in [-0.1, -0.05) is 36.4 Å². The monoisotopic (exact) mass is 393 g/mol. The molecule has 1 fully saturated rings. The lowest BCUT2D eigenvalue weighted by Crippen LogP contribution is -2.36. The summed E-state index contributed by atoms with van der Waals surface area (Å²) < 4.78 is 5.52. The molecule has 1 N–H and O–H groups in total. The highest BCUT2D eigenvalue weighted by Gasteiger charge is 2.26. The Bertz CT molecular complexity index is 853. The molecular formula is C24H31N3O2. The lowest BCUT2D eigenvalue weighted by Gasteiger charge is -2.23. The van der Waals surface area contributed by atoms with Crippen molar-refractivity contribution in [2.75, 3.05) is 39.1 Å². The van der Waals surface area contributed by atoms with Crippen molar-refractivity contribution >= 4 is 11.7 Å². The number of nitrogens with zero attached hydrogens (tertiary/aromatic N) is 2. The number of ether oxygens (including phenoxy) is 1. The summed E-state index contributed by atoms with van der Waals surface area (Å²) in [5.74, 6) is 1.26. The summed E-state index contributed by atoms with van der Waals surface area (Å²) in [6.07, 6.45) is 4.36. The first-order chi connectivity index (χ1) is 14.1. The van der Waals surface area contributed by atoms with Crippen LogP contribution in [0.25, 0.3) is 0 Å². The zero-order valence-electron chi connectivity index (χ0n) is 17.5. The number of carbonyl (C=O) groups excluding carboxylic acids is 1. The molecule has 5 heteroatoms. The van der Waals surface area contributed by atoms with Gasteiger partial charge in [-0.05, 0) is 60.9 Å². The van der Waals surface area contributed by atoms with E-state index in [1.54, 1.807) is 7.11 Å². The van der Waals surface area contributed by atoms with E-state index in [1.165, 1.54) is 16.7 Å². The number of amides is 2. The van der Waals surface area contributed by atoms with Crippen LogP contribution in [0.5, 0.6) is 5.75 Å². The Morgan fingerprint density at radius 3 is 2.83 bits per heavy atom. The van der Waals surface area contributed by atoms with Crippen LogP contribution < -0.4 is 10.1 Å². The van der Waals surface area contributed by atoms with Crippen LogP contribution in [0, 0.1) is 5.92 Å². The normalized spacial score (nSPS) is 18.5. The number of rotatable bonds is 6. The average molecular weight is 394 g/mol. The molecule has 2 aliphatic rings. The second-order valence-electron chi connectivity index (χ2n) is 8.32. The van der Waals surface area contributed by atoms with Crippen molar-refractivity contribution in [2.24, 2.45) is 5.92 Å². The second kappa shape index (κ2) is 8.87. The third-order valence-electron chi connectivity index (χ3n) is 6.19. The standard InChI is InChI=1S/C24H31N3O2/c1-26(15-19-13-14-27(17-19)16-18-7-4-3-5-8-18)24(28)25-23-21-10-6-9-20(21)11-12-22(23)29-2/h3-5,7-8,11-12,19H,6,9-10,13-17H2,1-2H3,(H,25,28). The molecule has 0 bridgehead atoms. The third-order valence-corrected chi connectivity index (χ3v) is 6.19. The smallest absolute Gasteiger partial charge is 0.321 e. The number of methoxy groups -OCH3 is 1. The summed E-state index contributed by atoms with van der Waals surface area (Å²) in [7, 11) is 3.56. The van der Waals surface area contributed by atoms with Crippen LogP contribution in [0.3, 0.4) is 0 Å². The first kappa shape index (κ1) is 19.8. The van der Waals surface area contributed by atoms with Crippen molar-refractivity contribution < 1.29 is 9.53 Å². The van der Waals surface area contributed by atoms with Crippen LogP contribution in [0.15, 0.2) is 42.5 Å². The molecule has 0 aromatic heterocycles. The molecule has 2 aromatic rings. The molecule has 2 amide bonds. The summed E-state index contributed by atoms with van der Waals surface area (Å²) in [5, 5.41) is 3.13. The van der Waals surface area contributed by atoms with Gasteiger partial charge in [0.2, 0.25) is 0 Å². The zero-order chi connectivity index (χ0) is 20.2. The largest absolute Gasteiger partial charge is 0.495 e. The van der Waals surface area contributed by atoms with E-state index in [0.717, 1.165) is 63.3 Å². The Balaban J connectivity index is 1.33. The third kappa shape index (κ3) is 4.56. The molecule has 29 heavy (non-hydrogen) atoms. The molecule has 2 aromatic carbocycles. The van der Waals surface area contributed by atoms with Gasteiger partial charge in [0.05, 0.1) is 12.8 Å². The van der Waals surface area contributed by atoms with Crippen molar-refractivity contribution in [1.29, 1.82) is 0 Å². The molecular weight excluding hydrogens is 362 g/mol. The number of anilines is 1. The van der Waals surface area contributed by atoms with Gasteiger partial charge in [-0.2, -0.15) is 0 Å². The molecule has 0 saturated carbocycles. The maximum absolute atomic E-state index is 12.9. The number of urea groups is 1. The van der Waals surface area contributed by atoms with Crippen LogP contribution in [-0.2, 0) is 19.4 Å². The first-order valence-corrected chi connectivity index (χ1v) is 10.6. The fraction of sp³-hybridized carbons (Fsp3) is 0.458. The van der Waals surface area contributed by atoms with Gasteiger partial charge in [0, 0.05) is 26.7 Å². The number of likely N-dealkylation sites (tertiary alicyclic amines) is 1. The van der Waals surface area contributed by atoms with E-state index < -0.39 is 0 Å². The van der Waals surface area contributed by atoms with E-state index >= 15 is 0 Å². The van der Waals surface area contributed by atoms with Crippen molar-refractivity contribution in [1.82, 2.24) is 9.80 Å². The second-order valence-corrected chi connectivity index (χ2v) is 8.32. The zero-order valence-corrected chi connectivity index (χ0v) is 17.5. The minimum absolute atomic E-state index is 0.0508. The highest BCUT2D eigenvalue weighted by Crippen LogP contribution is 2.36. The van der Waals surface area contributed by atoms with E-state index in [-0.39, 0.29) is 6.03 Å². The Hall–Kier alpha value is -2.53. The number of nitrogens with one attached hydrogen (secondary N) is 1. The van der Waals surface area contributed by atoms with E-state index in [2.05, 4.69) is 46.6 Å². The predicted octanol–water partition coefficient (Wildman–Crippen LogP) is 4.17. The minimum Gasteiger partial charge on any atom is -0.495 e. The van der Waals surface area contributed by atoms with Crippen molar-refractivity contribution in [3.8, 4) is 5.75 Å². The summed E-state index contributed by atoms with van der Waals surface area (Å²) in [5.41, 5.74) is 4.78. The van der Waals surface area contributed by atoms with Crippen LogP contribution in [0.4, 0.5) is 10.5 Å². The van der Waals surface area contributed by atoms with E-state index in [9.17, 15) is 4.79 Å². The first-order valence-electron chi connectivity index (χ1n) is 10.6. The van der Waals surface area contributed by atoms with E-state index in [4.69, 9.17) is 4.74 Å². The number of hydrogen-bond donors (Lipinski definition) is 1. The molecule has 1 aliphatic carbocycles. The number of benzene rings is 2. The summed E-state index contributed by atoms with van der Waals surface area (Å²) in [4.78, 5) is 17.2. The van der Waals surface area contributed by atoms with Gasteiger partial charge in [-0.3, -0.25) is 4.90 Å². The Labute approximate surface area is 173 Å². The van der Waals surface area contributed by atoms with Gasteiger partial charge in [0.25, 0.3) is 0 Å². The van der Waals surface area contributed by atoms with Gasteiger partial charge in [0.15, 0.2) is 0 Å². The number of fused-ring (bicyclic) bond motifs is 1. The maximum Gasteiger partial charge on any atom is 0.321 e. The van der Waals surface area contributed by atoms with Crippen LogP contribution in [0.2, 0.25) is 0 Å². The summed E-state index contributed by atoms with van der Waals surface area (Å²) >= 11 is 0. The molecule has 5 nitrogen and oxygen atoms in total. The van der Waals surface area contributed by atoms with Crippen LogP contribution in [0.1, 0.15) is 29.5 Å². The Morgan fingerprint density at radius 1 is 1.21 bits per heavy atom. The molecule has 1 saturated heterocycles. The average Bonchev–Trinajstić information content (AvgIpc) is 3.38. The Morgan fingerprint density at radius 2 is 2.03 bits per heavy atom. The van der Waals surface area contributed by atoms with Crippen LogP contribution >= 0.6 is 0 Å². The summed E-state index contributed by atoms with van der Waals surface area (Å²) in [6, 6.07) is 14.6. The molecule has 0 spiro atoms. The highest BCUT2D eigenvalue weighted by atomic mass is 16.5. The maximum atomic E-state index is 12.9. The van der Waals surface area contributed by atoms with Gasteiger partial charge in [0.1, 0.15) is 5.75 Å². The van der Waals surface area contributed by atoms with Crippen molar-refractivity contribution in [3.05, 3.63) is 59.2 Å². The number of carbonyl (C=O) groups is 1. The van der Waals surface area contributed by atoms with Crippen molar-refractivity contribution in [2.45, 2.75) is 32.2 Å². The highest BCUT2D eigenvalue weighted by molar-refractivity contribution is 5.92. The molecule has 0 radical (unpaired) electrons. The fourth-order valence-corrected chi connectivity index (χ4v) is 4.67. The van der Waals surface area contributed by atoms with Gasteiger partial charge < -0.3 is 15.0 Å². The molecule has 1 aliphatic heterocycles. The minimum atomic E-state index is -0.0508. The molecule has 4 rings (SSSR count). The molecule has 1 atom stereocenters. The Kier molecular flexibility index (Phi) is 6.05. The SMILES string of the molecule is COc1ccc2c(c1NC(=O)N(C)CC1CCN(Cc3ccccc3)C1)CCC2. The molecule has 1 heterocycles. The lowest BCUT2D eigenvalue weighted by atomic mass is 10.1. The molecule has 154 valence electrons. The predicted molar refractivity (Wildman–Crippen MR) is 116 cm³/mol. The molecule has 1 unspecified atom stereocenters. The van der Waals surface area contributed by atoms with E-state index in [0.29, 0.717) is 5.92 Å². The van der Waals surface area contributed by atoms with Gasteiger partial charge in [-0.15, -0.1) is 0 Å². The van der Waals surface area contributed by atoms with Crippen LogP contribution in [-0.4, -0.2) is 49.6 Å². The number of aryl methyl sites for hydroxylation is 1. The van der Waals surface area contributed by atoms with Gasteiger partial charge in [-0.25, -0.2) is 4.79 Å². The fourth-order valence-electron chi connectivity index (χ4n) is 4.67. The quantitative estimate of drug-likeness (QED) is 0.801. The van der Waals surface area contributed by atoms with Gasteiger partial charge >= 0.3 is 6.03 Å².